The van der Waals surface area contributed by atoms with Crippen LogP contribution in [0.1, 0.15) is 11.1 Å². The number of hydrogen-bond acceptors (Lipinski definition) is 8. The van der Waals surface area contributed by atoms with Gasteiger partial charge in [0, 0.05) is 29.6 Å². The molecule has 2 aliphatic rings. The number of methoxy groups -OCH3 is 1. The van der Waals surface area contributed by atoms with Crippen molar-refractivity contribution in [3.05, 3.63) is 101 Å². The number of allylic oxidation sites excluding steroid dienone is 2. The lowest BCUT2D eigenvalue weighted by atomic mass is 10.0. The molecule has 2 aromatic rings. The van der Waals surface area contributed by atoms with Crippen LogP contribution in [0.3, 0.4) is 0 Å². The zero-order chi connectivity index (χ0) is 24.8. The molecule has 0 aliphatic carbocycles. The molecular formula is C25H23N7O3. The lowest BCUT2D eigenvalue weighted by molar-refractivity contribution is -0.117. The summed E-state index contributed by atoms with van der Waals surface area (Å²) in [4.78, 5) is 17.5. The van der Waals surface area contributed by atoms with Crippen molar-refractivity contribution < 1.29 is 14.3 Å². The summed E-state index contributed by atoms with van der Waals surface area (Å²) in [6.07, 6.45) is 4.62. The lowest BCUT2D eigenvalue weighted by Gasteiger charge is -2.17. The van der Waals surface area contributed by atoms with Crippen molar-refractivity contribution >= 4 is 35.4 Å². The fourth-order valence-corrected chi connectivity index (χ4v) is 3.49. The van der Waals surface area contributed by atoms with Gasteiger partial charge in [-0.05, 0) is 12.1 Å². The van der Waals surface area contributed by atoms with Crippen molar-refractivity contribution in [2.24, 2.45) is 4.99 Å². The van der Waals surface area contributed by atoms with Gasteiger partial charge in [-0.15, -0.1) is 0 Å². The molecule has 0 saturated heterocycles. The minimum atomic E-state index is -1.19. The van der Waals surface area contributed by atoms with Gasteiger partial charge in [-0.2, -0.15) is 0 Å². The van der Waals surface area contributed by atoms with Crippen molar-refractivity contribution in [2.75, 3.05) is 12.4 Å². The second-order valence-electron chi connectivity index (χ2n) is 7.39. The number of rotatable bonds is 5. The molecule has 35 heavy (non-hydrogen) atoms. The van der Waals surface area contributed by atoms with E-state index in [-0.39, 0.29) is 5.57 Å². The van der Waals surface area contributed by atoms with Crippen molar-refractivity contribution in [2.45, 2.75) is 6.17 Å². The van der Waals surface area contributed by atoms with Crippen molar-refractivity contribution in [3.8, 4) is 0 Å². The summed E-state index contributed by atoms with van der Waals surface area (Å²) in [5.74, 6) is -0.427. The first-order valence-corrected chi connectivity index (χ1v) is 10.6. The number of dihydropyridines is 1. The molecule has 0 fully saturated rings. The van der Waals surface area contributed by atoms with Crippen molar-refractivity contribution in [3.63, 3.8) is 0 Å². The van der Waals surface area contributed by atoms with E-state index in [4.69, 9.17) is 25.7 Å². The minimum absolute atomic E-state index is 0.0849. The molecule has 4 rings (SSSR count). The molecule has 6 N–H and O–H groups in total. The Morgan fingerprint density at radius 2 is 1.86 bits per heavy atom. The normalized spacial score (nSPS) is 17.9. The molecule has 2 aromatic carbocycles. The molecule has 0 spiro atoms. The third kappa shape index (κ3) is 5.17. The zero-order valence-electron chi connectivity index (χ0n) is 18.8. The Morgan fingerprint density at radius 1 is 1.11 bits per heavy atom. The van der Waals surface area contributed by atoms with Crippen LogP contribution in [0, 0.1) is 16.2 Å². The SMILES string of the molecule is COC1=C/C(=C(/C=N)C(=N)OC(=N)NC2N=C(c3ccccc3)c3ccccc3NC2=O)NC=C1. The second-order valence-corrected chi connectivity index (χ2v) is 7.39. The minimum Gasteiger partial charge on any atom is -0.497 e. The molecule has 2 heterocycles. The van der Waals surface area contributed by atoms with Gasteiger partial charge in [0.1, 0.15) is 5.76 Å². The average molecular weight is 470 g/mol. The molecule has 10 heteroatoms. The smallest absolute Gasteiger partial charge is 0.290 e. The van der Waals surface area contributed by atoms with Gasteiger partial charge < -0.3 is 30.8 Å². The highest BCUT2D eigenvalue weighted by Gasteiger charge is 2.27. The maximum Gasteiger partial charge on any atom is 0.290 e. The Bertz CT molecular complexity index is 1310. The number of carbonyl (C=O) groups excluding carboxylic acids is 1. The van der Waals surface area contributed by atoms with Crippen LogP contribution in [0.2, 0.25) is 0 Å². The number of amidine groups is 1. The largest absolute Gasteiger partial charge is 0.497 e. The Labute approximate surface area is 201 Å². The number of fused-ring (bicyclic) bond motifs is 1. The van der Waals surface area contributed by atoms with Crippen molar-refractivity contribution in [1.82, 2.24) is 10.6 Å². The van der Waals surface area contributed by atoms with Crippen LogP contribution in [0.4, 0.5) is 5.69 Å². The highest BCUT2D eigenvalue weighted by Crippen LogP contribution is 2.23. The van der Waals surface area contributed by atoms with Gasteiger partial charge in [0.15, 0.2) is 0 Å². The van der Waals surface area contributed by atoms with Crippen LogP contribution in [0.5, 0.6) is 0 Å². The summed E-state index contributed by atoms with van der Waals surface area (Å²) in [6, 6.07) is 16.1. The number of para-hydroxylation sites is 1. The summed E-state index contributed by atoms with van der Waals surface area (Å²) in [6.45, 7) is 0. The van der Waals surface area contributed by atoms with Gasteiger partial charge in [-0.25, -0.2) is 4.99 Å². The van der Waals surface area contributed by atoms with Gasteiger partial charge in [-0.1, -0.05) is 48.5 Å². The van der Waals surface area contributed by atoms with Crippen LogP contribution in [-0.2, 0) is 14.3 Å². The van der Waals surface area contributed by atoms with Gasteiger partial charge >= 0.3 is 0 Å². The maximum atomic E-state index is 12.9. The van der Waals surface area contributed by atoms with E-state index < -0.39 is 24.0 Å². The quantitative estimate of drug-likeness (QED) is 0.293. The van der Waals surface area contributed by atoms with E-state index in [0.717, 1.165) is 17.3 Å². The highest BCUT2D eigenvalue weighted by atomic mass is 16.5. The van der Waals surface area contributed by atoms with Gasteiger partial charge in [-0.3, -0.25) is 15.6 Å². The number of nitrogens with zero attached hydrogens (tertiary/aromatic N) is 1. The highest BCUT2D eigenvalue weighted by molar-refractivity contribution is 6.20. The first-order valence-electron chi connectivity index (χ1n) is 10.6. The molecule has 1 unspecified atom stereocenters. The van der Waals surface area contributed by atoms with Crippen LogP contribution in [0.15, 0.2) is 95.0 Å². The summed E-state index contributed by atoms with van der Waals surface area (Å²) in [5.41, 5.74) is 3.18. The predicted octanol–water partition coefficient (Wildman–Crippen LogP) is 2.87. The first-order chi connectivity index (χ1) is 17.0. The molecule has 176 valence electrons. The molecule has 0 bridgehead atoms. The van der Waals surface area contributed by atoms with E-state index in [1.54, 1.807) is 24.4 Å². The Kier molecular flexibility index (Phi) is 6.82. The zero-order valence-corrected chi connectivity index (χ0v) is 18.8. The standard InChI is InChI=1S/C25H23N7O3/c1-34-16-11-12-29-20(13-16)18(14-26)22(27)35-25(28)32-23-24(33)30-19-10-6-5-9-17(19)21(31-23)15-7-3-2-4-8-15/h2-14,23,26-27,29H,1H3,(H2,28,32)(H,30,33)/b20-18+,26-14?,27-22?. The second kappa shape index (κ2) is 10.3. The molecule has 1 atom stereocenters. The lowest BCUT2D eigenvalue weighted by Crippen LogP contribution is -2.43. The Hall–Kier alpha value is -4.99. The molecule has 10 nitrogen and oxygen atoms in total. The van der Waals surface area contributed by atoms with E-state index in [1.165, 1.54) is 7.11 Å². The number of amides is 1. The van der Waals surface area contributed by atoms with Gasteiger partial charge in [0.05, 0.1) is 29.8 Å². The van der Waals surface area contributed by atoms with Crippen LogP contribution < -0.4 is 16.0 Å². The number of benzene rings is 2. The van der Waals surface area contributed by atoms with E-state index in [0.29, 0.717) is 22.9 Å². The molecular weight excluding hydrogens is 446 g/mol. The number of nitrogens with one attached hydrogen (secondary N) is 6. The van der Waals surface area contributed by atoms with Crippen LogP contribution >= 0.6 is 0 Å². The monoisotopic (exact) mass is 469 g/mol. The summed E-state index contributed by atoms with van der Waals surface area (Å²) in [7, 11) is 1.50. The van der Waals surface area contributed by atoms with Gasteiger partial charge in [0.25, 0.3) is 11.9 Å². The van der Waals surface area contributed by atoms with Gasteiger partial charge in [0.2, 0.25) is 12.1 Å². The molecule has 0 saturated carbocycles. The number of hydrogen-bond donors (Lipinski definition) is 6. The number of anilines is 1. The van der Waals surface area contributed by atoms with E-state index >= 15 is 0 Å². The van der Waals surface area contributed by atoms with E-state index in [1.807, 2.05) is 48.5 Å². The summed E-state index contributed by atoms with van der Waals surface area (Å²) < 4.78 is 10.5. The van der Waals surface area contributed by atoms with Crippen molar-refractivity contribution in [1.29, 1.82) is 16.2 Å². The topological polar surface area (TPSA) is 156 Å². The van der Waals surface area contributed by atoms with Crippen LogP contribution in [0.25, 0.3) is 0 Å². The summed E-state index contributed by atoms with van der Waals surface area (Å²) >= 11 is 0. The Morgan fingerprint density at radius 3 is 2.60 bits per heavy atom. The molecule has 2 aliphatic heterocycles. The summed E-state index contributed by atoms with van der Waals surface area (Å²) in [5, 5.41) is 32.5. The third-order valence-corrected chi connectivity index (χ3v) is 5.15. The van der Waals surface area contributed by atoms with E-state index in [2.05, 4.69) is 20.9 Å². The number of benzodiazepines with no additional fused rings is 1. The predicted molar refractivity (Wildman–Crippen MR) is 134 cm³/mol. The van der Waals surface area contributed by atoms with E-state index in [9.17, 15) is 4.79 Å². The fraction of sp³-hybridized carbons (Fsp3) is 0.0800. The molecule has 1 amide bonds. The fourth-order valence-electron chi connectivity index (χ4n) is 3.49. The average Bonchev–Trinajstić information content (AvgIpc) is 3.01. The number of ether oxygens (including phenoxy) is 2. The third-order valence-electron chi connectivity index (χ3n) is 5.15. The molecule has 0 aromatic heterocycles. The molecule has 0 radical (unpaired) electrons. The van der Waals surface area contributed by atoms with Crippen LogP contribution in [-0.4, -0.2) is 43.0 Å². The number of carbonyl (C=O) groups is 1. The first kappa shape index (κ1) is 23.2. The Balaban J connectivity index is 1.57. The maximum absolute atomic E-state index is 12.9. The number of aliphatic imine (C=N–C) groups is 1.